The molecule has 0 saturated heterocycles. The molecular weight excluding hydrogens is 374 g/mol. The number of phenolic OH excluding ortho intramolecular Hbond substituents is 1. The minimum atomic E-state index is -0.797. The number of nitrogens with zero attached hydrogens (tertiary/aromatic N) is 3. The van der Waals surface area contributed by atoms with E-state index in [2.05, 4.69) is 21.1 Å². The molecule has 0 atom stereocenters. The second-order valence-electron chi connectivity index (χ2n) is 4.20. The van der Waals surface area contributed by atoms with Crippen LogP contribution < -0.4 is 4.84 Å². The molecule has 0 aliphatic rings. The third-order valence-corrected chi connectivity index (χ3v) is 3.36. The van der Waals surface area contributed by atoms with Crippen LogP contribution in [-0.4, -0.2) is 21.2 Å². The summed E-state index contributed by atoms with van der Waals surface area (Å²) in [6, 6.07) is 7.39. The Hall–Kier alpha value is -3.01. The number of non-ortho nitro benzene ring substituents is 1. The van der Waals surface area contributed by atoms with Gasteiger partial charge < -0.3 is 9.94 Å². The zero-order valence-corrected chi connectivity index (χ0v) is 12.8. The van der Waals surface area contributed by atoms with Crippen LogP contribution in [0.5, 0.6) is 11.5 Å². The minimum absolute atomic E-state index is 0.0564. The van der Waals surface area contributed by atoms with Crippen molar-refractivity contribution in [3.05, 3.63) is 66.7 Å². The zero-order valence-electron chi connectivity index (χ0n) is 11.2. The molecule has 1 N–H and O–H groups in total. The molecule has 10 heteroatoms. The lowest BCUT2D eigenvalue weighted by molar-refractivity contribution is -0.394. The van der Waals surface area contributed by atoms with Crippen molar-refractivity contribution in [3.8, 4) is 11.5 Å². The summed E-state index contributed by atoms with van der Waals surface area (Å²) >= 11 is 3.21. The Bertz CT molecular complexity index is 808. The number of nitro benzene ring substituents is 2. The lowest BCUT2D eigenvalue weighted by atomic mass is 10.2. The van der Waals surface area contributed by atoms with Gasteiger partial charge in [-0.2, -0.15) is 0 Å². The lowest BCUT2D eigenvalue weighted by Gasteiger charge is -2.01. The maximum Gasteiger partial charge on any atom is 0.321 e. The highest BCUT2D eigenvalue weighted by Gasteiger charge is 2.21. The molecule has 0 spiro atoms. The van der Waals surface area contributed by atoms with Crippen LogP contribution in [0.3, 0.4) is 0 Å². The number of aromatic hydroxyl groups is 1. The predicted octanol–water partition coefficient (Wildman–Crippen LogP) is 3.38. The van der Waals surface area contributed by atoms with Crippen LogP contribution in [0, 0.1) is 20.2 Å². The van der Waals surface area contributed by atoms with Gasteiger partial charge >= 0.3 is 5.69 Å². The largest absolute Gasteiger partial charge is 0.508 e. The van der Waals surface area contributed by atoms with Crippen LogP contribution in [-0.2, 0) is 0 Å². The highest BCUT2D eigenvalue weighted by Crippen LogP contribution is 2.31. The fourth-order valence-electron chi connectivity index (χ4n) is 1.60. The molecule has 0 aliphatic heterocycles. The van der Waals surface area contributed by atoms with E-state index in [1.54, 1.807) is 6.07 Å². The monoisotopic (exact) mass is 381 g/mol. The molecule has 2 aromatic rings. The first-order valence-electron chi connectivity index (χ1n) is 6.00. The van der Waals surface area contributed by atoms with Gasteiger partial charge in [-0.15, -0.1) is 0 Å². The molecule has 0 saturated carbocycles. The maximum absolute atomic E-state index is 10.9. The molecule has 0 amide bonds. The summed E-state index contributed by atoms with van der Waals surface area (Å²) in [5.74, 6) is -0.173. The standard InChI is InChI=1S/C13H8BrN3O6/c14-11-6-10(18)3-1-8(11)7-15-23-13-4-2-9(16(19)20)5-12(13)17(21)22/h1-7,18H. The van der Waals surface area contributed by atoms with Crippen molar-refractivity contribution in [2.45, 2.75) is 0 Å². The number of phenols is 1. The van der Waals surface area contributed by atoms with Crippen molar-refractivity contribution >= 4 is 33.5 Å². The van der Waals surface area contributed by atoms with Crippen LogP contribution in [0.2, 0.25) is 0 Å². The van der Waals surface area contributed by atoms with Gasteiger partial charge in [0.15, 0.2) is 0 Å². The summed E-state index contributed by atoms with van der Waals surface area (Å²) in [5.41, 5.74) is -0.428. The summed E-state index contributed by atoms with van der Waals surface area (Å²) in [6.07, 6.45) is 1.27. The van der Waals surface area contributed by atoms with E-state index in [0.717, 1.165) is 18.2 Å². The normalized spacial score (nSPS) is 10.7. The number of benzene rings is 2. The number of oxime groups is 1. The van der Waals surface area contributed by atoms with Crippen LogP contribution in [0.25, 0.3) is 0 Å². The molecule has 9 nitrogen and oxygen atoms in total. The number of hydrogen-bond acceptors (Lipinski definition) is 7. The molecule has 0 radical (unpaired) electrons. The Kier molecular flexibility index (Phi) is 4.86. The molecule has 0 heterocycles. The minimum Gasteiger partial charge on any atom is -0.508 e. The van der Waals surface area contributed by atoms with Gasteiger partial charge in [0.25, 0.3) is 5.69 Å². The molecule has 118 valence electrons. The smallest absolute Gasteiger partial charge is 0.321 e. The van der Waals surface area contributed by atoms with E-state index in [1.807, 2.05) is 0 Å². The Labute approximate surface area is 137 Å². The maximum atomic E-state index is 10.9. The van der Waals surface area contributed by atoms with Crippen molar-refractivity contribution in [2.75, 3.05) is 0 Å². The molecular formula is C13H8BrN3O6. The topological polar surface area (TPSA) is 128 Å². The quantitative estimate of drug-likeness (QED) is 0.480. The Morgan fingerprint density at radius 3 is 2.48 bits per heavy atom. The fraction of sp³-hybridized carbons (Fsp3) is 0. The highest BCUT2D eigenvalue weighted by molar-refractivity contribution is 9.10. The Morgan fingerprint density at radius 2 is 1.87 bits per heavy atom. The SMILES string of the molecule is O=[N+]([O-])c1ccc(ON=Cc2ccc(O)cc2Br)c([N+](=O)[O-])c1. The van der Waals surface area contributed by atoms with E-state index in [1.165, 1.54) is 18.3 Å². The third kappa shape index (κ3) is 4.01. The average Bonchev–Trinajstić information content (AvgIpc) is 2.49. The number of rotatable bonds is 5. The van der Waals surface area contributed by atoms with Gasteiger partial charge in [0.1, 0.15) is 5.75 Å². The first-order valence-corrected chi connectivity index (χ1v) is 6.79. The Balaban J connectivity index is 2.24. The molecule has 0 fully saturated rings. The van der Waals surface area contributed by atoms with Gasteiger partial charge in [0, 0.05) is 16.1 Å². The van der Waals surface area contributed by atoms with Crippen molar-refractivity contribution in [1.29, 1.82) is 0 Å². The molecule has 23 heavy (non-hydrogen) atoms. The second kappa shape index (κ2) is 6.83. The van der Waals surface area contributed by atoms with Crippen LogP contribution in [0.15, 0.2) is 46.0 Å². The third-order valence-electron chi connectivity index (χ3n) is 2.68. The molecule has 2 aromatic carbocycles. The van der Waals surface area contributed by atoms with Gasteiger partial charge in [-0.25, -0.2) is 0 Å². The van der Waals surface area contributed by atoms with Crippen molar-refractivity contribution < 1.29 is 19.8 Å². The van der Waals surface area contributed by atoms with Gasteiger partial charge in [0.2, 0.25) is 5.75 Å². The van der Waals surface area contributed by atoms with Crippen LogP contribution in [0.1, 0.15) is 5.56 Å². The van der Waals surface area contributed by atoms with E-state index in [-0.39, 0.29) is 11.5 Å². The van der Waals surface area contributed by atoms with Gasteiger partial charge in [-0.1, -0.05) is 5.16 Å². The number of hydrogen-bond donors (Lipinski definition) is 1. The van der Waals surface area contributed by atoms with Crippen molar-refractivity contribution in [1.82, 2.24) is 0 Å². The zero-order chi connectivity index (χ0) is 17.0. The summed E-state index contributed by atoms with van der Waals surface area (Å²) in [4.78, 5) is 25.0. The van der Waals surface area contributed by atoms with E-state index < -0.39 is 21.2 Å². The molecule has 0 aliphatic carbocycles. The van der Waals surface area contributed by atoms with Crippen LogP contribution in [0.4, 0.5) is 11.4 Å². The number of halogens is 1. The van der Waals surface area contributed by atoms with E-state index >= 15 is 0 Å². The van der Waals surface area contributed by atoms with Crippen molar-refractivity contribution in [2.24, 2.45) is 5.16 Å². The van der Waals surface area contributed by atoms with Gasteiger partial charge in [-0.3, -0.25) is 20.2 Å². The first-order chi connectivity index (χ1) is 10.9. The average molecular weight is 382 g/mol. The molecule has 0 aromatic heterocycles. The highest BCUT2D eigenvalue weighted by atomic mass is 79.9. The first kappa shape index (κ1) is 16.4. The molecule has 0 bridgehead atoms. The molecule has 0 unspecified atom stereocenters. The Morgan fingerprint density at radius 1 is 1.13 bits per heavy atom. The van der Waals surface area contributed by atoms with Gasteiger partial charge in [0.05, 0.1) is 22.1 Å². The molecule has 2 rings (SSSR count). The van der Waals surface area contributed by atoms with Crippen LogP contribution >= 0.6 is 15.9 Å². The van der Waals surface area contributed by atoms with E-state index in [0.29, 0.717) is 10.0 Å². The number of nitro groups is 2. The summed E-state index contributed by atoms with van der Waals surface area (Å²) < 4.78 is 0.544. The lowest BCUT2D eigenvalue weighted by Crippen LogP contribution is -1.96. The summed E-state index contributed by atoms with van der Waals surface area (Å²) in [6.45, 7) is 0. The second-order valence-corrected chi connectivity index (χ2v) is 5.05. The fourth-order valence-corrected chi connectivity index (χ4v) is 2.07. The predicted molar refractivity (Wildman–Crippen MR) is 83.8 cm³/mol. The van der Waals surface area contributed by atoms with Gasteiger partial charge in [-0.05, 0) is 40.2 Å². The summed E-state index contributed by atoms with van der Waals surface area (Å²) in [7, 11) is 0. The summed E-state index contributed by atoms with van der Waals surface area (Å²) in [5, 5.41) is 34.5. The van der Waals surface area contributed by atoms with E-state index in [9.17, 15) is 25.3 Å². The van der Waals surface area contributed by atoms with E-state index in [4.69, 9.17) is 4.84 Å². The van der Waals surface area contributed by atoms with Crippen molar-refractivity contribution in [3.63, 3.8) is 0 Å².